The zero-order valence-electron chi connectivity index (χ0n) is 18.9. The van der Waals surface area contributed by atoms with Crippen LogP contribution in [-0.2, 0) is 20.1 Å². The monoisotopic (exact) mass is 619 g/mol. The maximum Gasteiger partial charge on any atom is 0.120 e. The molecule has 6 aromatic rings. The SMILES string of the molecule is Cc1[c-]c(-c2ccccn2)c2oc3ccccc3c2c1.Cc1cc[c-]c(-c2ccccn2)c1.[Ir]. The molecule has 6 rings (SSSR count). The van der Waals surface area contributed by atoms with Crippen molar-refractivity contribution in [2.24, 2.45) is 0 Å². The van der Waals surface area contributed by atoms with E-state index in [1.54, 1.807) is 12.4 Å². The van der Waals surface area contributed by atoms with E-state index < -0.39 is 0 Å². The summed E-state index contributed by atoms with van der Waals surface area (Å²) in [5.74, 6) is 0. The van der Waals surface area contributed by atoms with E-state index >= 15 is 0 Å². The van der Waals surface area contributed by atoms with Crippen molar-refractivity contribution in [1.82, 2.24) is 9.97 Å². The molecule has 0 fully saturated rings. The van der Waals surface area contributed by atoms with Gasteiger partial charge in [-0.15, -0.1) is 53.1 Å². The maximum absolute atomic E-state index is 6.02. The topological polar surface area (TPSA) is 38.9 Å². The van der Waals surface area contributed by atoms with Crippen LogP contribution in [0.3, 0.4) is 0 Å². The molecular formula is C30H22IrN2O-2. The minimum Gasteiger partial charge on any atom is -0.501 e. The minimum atomic E-state index is 0. The largest absolute Gasteiger partial charge is 0.501 e. The van der Waals surface area contributed by atoms with Gasteiger partial charge in [-0.1, -0.05) is 67.3 Å². The molecule has 3 aromatic carbocycles. The van der Waals surface area contributed by atoms with Gasteiger partial charge in [-0.05, 0) is 29.6 Å². The van der Waals surface area contributed by atoms with Crippen LogP contribution in [0, 0.1) is 26.0 Å². The molecule has 0 bridgehead atoms. The fourth-order valence-electron chi connectivity index (χ4n) is 3.84. The summed E-state index contributed by atoms with van der Waals surface area (Å²) in [5, 5.41) is 2.26. The van der Waals surface area contributed by atoms with Crippen LogP contribution in [0.5, 0.6) is 0 Å². The summed E-state index contributed by atoms with van der Waals surface area (Å²) < 4.78 is 6.02. The van der Waals surface area contributed by atoms with Crippen LogP contribution < -0.4 is 0 Å². The molecular weight excluding hydrogens is 597 g/mol. The predicted molar refractivity (Wildman–Crippen MR) is 134 cm³/mol. The standard InChI is InChI=1S/C18H12NO.C12H10N.Ir/c1-12-10-14-13-6-2-3-8-17(13)20-18(14)15(11-12)16-7-4-5-9-19-16;1-10-5-4-6-11(9-10)12-7-2-3-8-13-12;/h2-10H,1H3;2-5,7-9H,1H3;/q2*-1;. The van der Waals surface area contributed by atoms with Crippen LogP contribution in [0.25, 0.3) is 44.5 Å². The number of aromatic nitrogens is 2. The molecule has 0 atom stereocenters. The van der Waals surface area contributed by atoms with Gasteiger partial charge in [-0.25, -0.2) is 0 Å². The Balaban J connectivity index is 0.000000171. The molecule has 0 aliphatic carbocycles. The van der Waals surface area contributed by atoms with Gasteiger partial charge < -0.3 is 14.4 Å². The van der Waals surface area contributed by atoms with Crippen LogP contribution >= 0.6 is 0 Å². The van der Waals surface area contributed by atoms with E-state index in [1.165, 1.54) is 5.56 Å². The number of para-hydroxylation sites is 1. The van der Waals surface area contributed by atoms with Crippen molar-refractivity contribution < 1.29 is 24.5 Å². The molecule has 0 N–H and O–H groups in total. The molecule has 3 aromatic heterocycles. The summed E-state index contributed by atoms with van der Waals surface area (Å²) in [6.45, 7) is 4.12. The number of benzene rings is 3. The summed E-state index contributed by atoms with van der Waals surface area (Å²) in [5.41, 5.74) is 7.93. The summed E-state index contributed by atoms with van der Waals surface area (Å²) in [6.07, 6.45) is 3.59. The zero-order valence-corrected chi connectivity index (χ0v) is 21.3. The second-order valence-corrected chi connectivity index (χ2v) is 7.88. The molecule has 0 aliphatic rings. The van der Waals surface area contributed by atoms with E-state index in [0.717, 1.165) is 50.0 Å². The van der Waals surface area contributed by atoms with E-state index in [2.05, 4.69) is 47.2 Å². The van der Waals surface area contributed by atoms with Crippen molar-refractivity contribution in [2.45, 2.75) is 13.8 Å². The second-order valence-electron chi connectivity index (χ2n) is 7.88. The quantitative estimate of drug-likeness (QED) is 0.188. The Bertz CT molecular complexity index is 1530. The first-order valence-electron chi connectivity index (χ1n) is 10.8. The molecule has 1 radical (unpaired) electrons. The van der Waals surface area contributed by atoms with Crippen molar-refractivity contribution >= 4 is 21.9 Å². The van der Waals surface area contributed by atoms with Gasteiger partial charge in [0, 0.05) is 37.9 Å². The molecule has 0 unspecified atom stereocenters. The summed E-state index contributed by atoms with van der Waals surface area (Å²) in [6, 6.07) is 34.6. The number of aryl methyl sites for hydroxylation is 2. The normalized spacial score (nSPS) is 10.4. The Morgan fingerprint density at radius 1 is 0.735 bits per heavy atom. The van der Waals surface area contributed by atoms with Crippen LogP contribution in [0.15, 0.2) is 102 Å². The molecule has 0 spiro atoms. The van der Waals surface area contributed by atoms with E-state index in [9.17, 15) is 0 Å². The molecule has 4 heteroatoms. The van der Waals surface area contributed by atoms with Crippen molar-refractivity contribution in [3.8, 4) is 22.5 Å². The Morgan fingerprint density at radius 2 is 1.44 bits per heavy atom. The van der Waals surface area contributed by atoms with E-state index in [-0.39, 0.29) is 20.1 Å². The Hall–Kier alpha value is -3.59. The Labute approximate surface area is 212 Å². The number of furan rings is 1. The van der Waals surface area contributed by atoms with Gasteiger partial charge in [0.25, 0.3) is 0 Å². The van der Waals surface area contributed by atoms with Crippen LogP contribution in [-0.4, -0.2) is 9.97 Å². The van der Waals surface area contributed by atoms with Gasteiger partial charge in [0.2, 0.25) is 0 Å². The van der Waals surface area contributed by atoms with Gasteiger partial charge in [-0.3, -0.25) is 0 Å². The van der Waals surface area contributed by atoms with E-state index in [4.69, 9.17) is 4.42 Å². The molecule has 0 saturated carbocycles. The molecule has 0 aliphatic heterocycles. The van der Waals surface area contributed by atoms with Crippen molar-refractivity contribution in [2.75, 3.05) is 0 Å². The van der Waals surface area contributed by atoms with Crippen LogP contribution in [0.4, 0.5) is 0 Å². The first kappa shape index (κ1) is 23.6. The number of hydrogen-bond donors (Lipinski definition) is 0. The van der Waals surface area contributed by atoms with Gasteiger partial charge in [0.15, 0.2) is 0 Å². The molecule has 0 saturated heterocycles. The minimum absolute atomic E-state index is 0. The second kappa shape index (κ2) is 10.6. The van der Waals surface area contributed by atoms with E-state index in [0.29, 0.717) is 0 Å². The van der Waals surface area contributed by atoms with Gasteiger partial charge in [-0.2, -0.15) is 0 Å². The number of fused-ring (bicyclic) bond motifs is 3. The molecule has 3 nitrogen and oxygen atoms in total. The van der Waals surface area contributed by atoms with Crippen LogP contribution in [0.1, 0.15) is 11.1 Å². The first-order valence-corrected chi connectivity index (χ1v) is 10.8. The predicted octanol–water partition coefficient (Wildman–Crippen LogP) is 7.61. The average molecular weight is 619 g/mol. The number of pyridine rings is 2. The van der Waals surface area contributed by atoms with Crippen molar-refractivity contribution in [3.05, 3.63) is 121 Å². The smallest absolute Gasteiger partial charge is 0.120 e. The van der Waals surface area contributed by atoms with Gasteiger partial charge in [0.05, 0.1) is 5.58 Å². The zero-order chi connectivity index (χ0) is 22.6. The average Bonchev–Trinajstić information content (AvgIpc) is 3.24. The Morgan fingerprint density at radius 3 is 2.15 bits per heavy atom. The van der Waals surface area contributed by atoms with Gasteiger partial charge in [0.1, 0.15) is 5.58 Å². The molecule has 0 amide bonds. The maximum atomic E-state index is 6.02. The third-order valence-electron chi connectivity index (χ3n) is 5.36. The summed E-state index contributed by atoms with van der Waals surface area (Å²) in [4.78, 5) is 8.68. The summed E-state index contributed by atoms with van der Waals surface area (Å²) in [7, 11) is 0. The third kappa shape index (κ3) is 4.99. The number of hydrogen-bond acceptors (Lipinski definition) is 3. The van der Waals surface area contributed by atoms with E-state index in [1.807, 2.05) is 73.7 Å². The van der Waals surface area contributed by atoms with Crippen LogP contribution in [0.2, 0.25) is 0 Å². The fourth-order valence-corrected chi connectivity index (χ4v) is 3.84. The third-order valence-corrected chi connectivity index (χ3v) is 5.36. The fraction of sp³-hybridized carbons (Fsp3) is 0.0667. The Kier molecular flexibility index (Phi) is 7.32. The first-order chi connectivity index (χ1) is 16.2. The van der Waals surface area contributed by atoms with Crippen molar-refractivity contribution in [1.29, 1.82) is 0 Å². The molecule has 3 heterocycles. The number of rotatable bonds is 2. The molecule has 169 valence electrons. The molecule has 34 heavy (non-hydrogen) atoms. The summed E-state index contributed by atoms with van der Waals surface area (Å²) >= 11 is 0. The van der Waals surface area contributed by atoms with Crippen molar-refractivity contribution in [3.63, 3.8) is 0 Å². The van der Waals surface area contributed by atoms with Gasteiger partial charge >= 0.3 is 0 Å². The number of nitrogens with zero attached hydrogens (tertiary/aromatic N) is 2.